The molecule has 275 valence electrons. The number of benzene rings is 9. The summed E-state index contributed by atoms with van der Waals surface area (Å²) in [5, 5.41) is 6.57. The Morgan fingerprint density at radius 1 is 0.458 bits per heavy atom. The third-order valence-corrected chi connectivity index (χ3v) is 12.5. The summed E-state index contributed by atoms with van der Waals surface area (Å²) in [4.78, 5) is 2.39. The molecule has 0 spiro atoms. The summed E-state index contributed by atoms with van der Waals surface area (Å²) in [6.07, 6.45) is 0. The first-order chi connectivity index (χ1) is 29.3. The van der Waals surface area contributed by atoms with Crippen molar-refractivity contribution in [2.24, 2.45) is 0 Å². The standard InChI is InChI=1S/C55H37BN3/c1-5-19-37(20-6-1)55(38-21-7-2-8-22-38)46-30-14-15-33-49(46)57-53-43(28-17-31-47(53)55)45-35-41(58(39-23-9-3-10-24-39)40-25-11-4-12-26-40)36-51-52(45)56-48-32-18-29-44-42-27-13-16-34-50(42)59(51)54(44)48/h1-36,57H. The molecule has 1 aromatic heterocycles. The quantitative estimate of drug-likeness (QED) is 0.171. The Labute approximate surface area is 344 Å². The molecule has 3 nitrogen and oxygen atoms in total. The van der Waals surface area contributed by atoms with Gasteiger partial charge in [0.15, 0.2) is 7.28 Å². The molecule has 4 heteroatoms. The summed E-state index contributed by atoms with van der Waals surface area (Å²) in [5.41, 5.74) is 18.2. The lowest BCUT2D eigenvalue weighted by Crippen LogP contribution is -2.38. The van der Waals surface area contributed by atoms with Crippen molar-refractivity contribution in [3.8, 4) is 16.8 Å². The smallest absolute Gasteiger partial charge is 0.197 e. The molecule has 9 aromatic carbocycles. The second kappa shape index (κ2) is 13.3. The number of hydrogen-bond acceptors (Lipinski definition) is 2. The molecule has 0 saturated heterocycles. The number of anilines is 5. The van der Waals surface area contributed by atoms with Crippen molar-refractivity contribution in [2.75, 3.05) is 10.2 Å². The van der Waals surface area contributed by atoms with Gasteiger partial charge in [-0.3, -0.25) is 0 Å². The number of rotatable bonds is 6. The predicted octanol–water partition coefficient (Wildman–Crippen LogP) is 12.3. The van der Waals surface area contributed by atoms with Crippen molar-refractivity contribution in [1.29, 1.82) is 0 Å². The topological polar surface area (TPSA) is 20.2 Å². The second-order valence-electron chi connectivity index (χ2n) is 15.6. The van der Waals surface area contributed by atoms with Crippen LogP contribution in [0.1, 0.15) is 22.3 Å². The van der Waals surface area contributed by atoms with Gasteiger partial charge in [0.05, 0.1) is 16.6 Å². The van der Waals surface area contributed by atoms with Crippen LogP contribution in [-0.2, 0) is 5.41 Å². The second-order valence-corrected chi connectivity index (χ2v) is 15.6. The van der Waals surface area contributed by atoms with Crippen LogP contribution in [0.2, 0.25) is 0 Å². The molecule has 59 heavy (non-hydrogen) atoms. The van der Waals surface area contributed by atoms with Crippen molar-refractivity contribution in [2.45, 2.75) is 5.41 Å². The van der Waals surface area contributed by atoms with E-state index in [1.54, 1.807) is 0 Å². The van der Waals surface area contributed by atoms with E-state index in [9.17, 15) is 0 Å². The SMILES string of the molecule is [B]1c2c(-c3cccc4c3Nc3ccccc3C4(c3ccccc3)c3ccccc3)cc(N(c3ccccc3)c3ccccc3)cc2-n2c3ccccc3c3cccc1c32. The van der Waals surface area contributed by atoms with Gasteiger partial charge in [-0.25, -0.2) is 0 Å². The first-order valence-electron chi connectivity index (χ1n) is 20.4. The van der Waals surface area contributed by atoms with Crippen LogP contribution in [0.15, 0.2) is 218 Å². The summed E-state index contributed by atoms with van der Waals surface area (Å²) in [6, 6.07) is 79.7. The van der Waals surface area contributed by atoms with Gasteiger partial charge in [-0.1, -0.05) is 175 Å². The largest absolute Gasteiger partial charge is 0.354 e. The van der Waals surface area contributed by atoms with E-state index in [2.05, 4.69) is 240 Å². The Kier molecular flexibility index (Phi) is 7.54. The monoisotopic (exact) mass is 750 g/mol. The maximum Gasteiger partial charge on any atom is 0.197 e. The zero-order valence-electron chi connectivity index (χ0n) is 32.3. The highest BCUT2D eigenvalue weighted by atomic mass is 15.1. The number of aromatic nitrogens is 1. The highest BCUT2D eigenvalue weighted by molar-refractivity contribution is 6.73. The van der Waals surface area contributed by atoms with Gasteiger partial charge < -0.3 is 14.8 Å². The molecule has 1 N–H and O–H groups in total. The third-order valence-electron chi connectivity index (χ3n) is 12.5. The van der Waals surface area contributed by atoms with E-state index in [1.165, 1.54) is 55.0 Å². The van der Waals surface area contributed by atoms with Crippen LogP contribution in [0, 0.1) is 0 Å². The third kappa shape index (κ3) is 4.96. The van der Waals surface area contributed by atoms with Crippen LogP contribution in [0.3, 0.4) is 0 Å². The maximum atomic E-state index is 4.05. The van der Waals surface area contributed by atoms with Crippen molar-refractivity contribution in [1.82, 2.24) is 4.57 Å². The van der Waals surface area contributed by atoms with Crippen LogP contribution in [0.4, 0.5) is 28.4 Å². The molecule has 0 atom stereocenters. The number of para-hydroxylation sites is 6. The molecular formula is C55H37BN3. The van der Waals surface area contributed by atoms with E-state index < -0.39 is 5.41 Å². The summed E-state index contributed by atoms with van der Waals surface area (Å²) < 4.78 is 2.51. The molecule has 1 radical (unpaired) electrons. The van der Waals surface area contributed by atoms with E-state index >= 15 is 0 Å². The van der Waals surface area contributed by atoms with Gasteiger partial charge in [0.25, 0.3) is 0 Å². The molecule has 3 heterocycles. The zero-order chi connectivity index (χ0) is 38.9. The van der Waals surface area contributed by atoms with Gasteiger partial charge in [0, 0.05) is 50.3 Å². The minimum absolute atomic E-state index is 0.577. The molecule has 12 rings (SSSR count). The Hall–Kier alpha value is -7.56. The lowest BCUT2D eigenvalue weighted by atomic mass is 9.58. The molecule has 0 bridgehead atoms. The first-order valence-corrected chi connectivity index (χ1v) is 20.4. The summed E-state index contributed by atoms with van der Waals surface area (Å²) in [7, 11) is 2.42. The van der Waals surface area contributed by atoms with Crippen LogP contribution in [-0.4, -0.2) is 11.8 Å². The van der Waals surface area contributed by atoms with Gasteiger partial charge in [-0.15, -0.1) is 0 Å². The molecule has 0 unspecified atom stereocenters. The van der Waals surface area contributed by atoms with Crippen LogP contribution >= 0.6 is 0 Å². The fraction of sp³-hybridized carbons (Fsp3) is 0.0182. The predicted molar refractivity (Wildman–Crippen MR) is 248 cm³/mol. The van der Waals surface area contributed by atoms with E-state index in [0.29, 0.717) is 0 Å². The Morgan fingerprint density at radius 2 is 1.03 bits per heavy atom. The normalized spacial score (nSPS) is 13.2. The molecule has 0 saturated carbocycles. The minimum atomic E-state index is -0.577. The molecular weight excluding hydrogens is 713 g/mol. The van der Waals surface area contributed by atoms with Gasteiger partial charge in [-0.05, 0) is 81.8 Å². The number of fused-ring (bicyclic) bond motifs is 7. The average Bonchev–Trinajstić information content (AvgIpc) is 3.65. The first kappa shape index (κ1) is 33.6. The van der Waals surface area contributed by atoms with E-state index in [-0.39, 0.29) is 0 Å². The van der Waals surface area contributed by atoms with Crippen molar-refractivity contribution >= 4 is 68.4 Å². The lowest BCUT2D eigenvalue weighted by molar-refractivity contribution is 0.741. The van der Waals surface area contributed by atoms with Crippen molar-refractivity contribution < 1.29 is 0 Å². The Morgan fingerprint density at radius 3 is 1.75 bits per heavy atom. The van der Waals surface area contributed by atoms with E-state index in [0.717, 1.165) is 45.3 Å². The van der Waals surface area contributed by atoms with Gasteiger partial charge in [-0.2, -0.15) is 0 Å². The highest BCUT2D eigenvalue weighted by Crippen LogP contribution is 2.55. The van der Waals surface area contributed by atoms with Gasteiger partial charge in [0.1, 0.15) is 0 Å². The van der Waals surface area contributed by atoms with Gasteiger partial charge in [0.2, 0.25) is 0 Å². The molecule has 2 aliphatic heterocycles. The summed E-state index contributed by atoms with van der Waals surface area (Å²) in [5.74, 6) is 0. The average molecular weight is 751 g/mol. The fourth-order valence-corrected chi connectivity index (χ4v) is 10.1. The van der Waals surface area contributed by atoms with Crippen molar-refractivity contribution in [3.63, 3.8) is 0 Å². The van der Waals surface area contributed by atoms with E-state index in [1.807, 2.05) is 0 Å². The molecule has 2 aliphatic rings. The van der Waals surface area contributed by atoms with Crippen LogP contribution in [0.5, 0.6) is 0 Å². The molecule has 0 fully saturated rings. The fourth-order valence-electron chi connectivity index (χ4n) is 10.1. The number of nitrogens with zero attached hydrogens (tertiary/aromatic N) is 2. The minimum Gasteiger partial charge on any atom is -0.354 e. The molecule has 10 aromatic rings. The van der Waals surface area contributed by atoms with Crippen LogP contribution < -0.4 is 21.1 Å². The zero-order valence-corrected chi connectivity index (χ0v) is 32.3. The Bertz CT molecular complexity index is 3130. The summed E-state index contributed by atoms with van der Waals surface area (Å²) in [6.45, 7) is 0. The van der Waals surface area contributed by atoms with E-state index in [4.69, 9.17) is 0 Å². The highest BCUT2D eigenvalue weighted by Gasteiger charge is 2.45. The van der Waals surface area contributed by atoms with Crippen molar-refractivity contribution in [3.05, 3.63) is 241 Å². The summed E-state index contributed by atoms with van der Waals surface area (Å²) >= 11 is 0. The maximum absolute atomic E-state index is 4.05. The molecule has 0 aliphatic carbocycles. The van der Waals surface area contributed by atoms with Gasteiger partial charge >= 0.3 is 0 Å². The lowest BCUT2D eigenvalue weighted by Gasteiger charge is -2.43. The number of hydrogen-bond donors (Lipinski definition) is 1. The Balaban J connectivity index is 1.21. The van der Waals surface area contributed by atoms with Crippen LogP contribution in [0.25, 0.3) is 38.6 Å². The number of nitrogens with one attached hydrogen (secondary N) is 1. The molecule has 0 amide bonds.